The number of aromatic nitrogens is 4. The van der Waals surface area contributed by atoms with Crippen LogP contribution in [0.3, 0.4) is 0 Å². The lowest BCUT2D eigenvalue weighted by atomic mass is 10.0. The number of nitrogens with zero attached hydrogens (tertiary/aromatic N) is 5. The van der Waals surface area contributed by atoms with Gasteiger partial charge in [-0.1, -0.05) is 6.07 Å². The molecule has 10 nitrogen and oxygen atoms in total. The molecule has 4 aromatic rings. The summed E-state index contributed by atoms with van der Waals surface area (Å²) < 4.78 is 14.8. The van der Waals surface area contributed by atoms with Crippen molar-refractivity contribution in [1.29, 1.82) is 0 Å². The van der Waals surface area contributed by atoms with Gasteiger partial charge in [0.15, 0.2) is 0 Å². The van der Waals surface area contributed by atoms with Gasteiger partial charge >= 0.3 is 6.03 Å². The molecule has 3 N–H and O–H groups in total. The van der Waals surface area contributed by atoms with Gasteiger partial charge in [-0.2, -0.15) is 0 Å². The highest BCUT2D eigenvalue weighted by Gasteiger charge is 2.22. The van der Waals surface area contributed by atoms with Crippen molar-refractivity contribution in [2.45, 2.75) is 6.92 Å². The number of carbonyl (C=O) groups is 2. The van der Waals surface area contributed by atoms with Gasteiger partial charge in [0.25, 0.3) is 5.91 Å². The van der Waals surface area contributed by atoms with E-state index in [1.54, 1.807) is 18.3 Å². The molecule has 1 fully saturated rings. The average molecular weight is 503 g/mol. The van der Waals surface area contributed by atoms with Gasteiger partial charge in [-0.05, 0) is 49.9 Å². The number of aromatic amines is 1. The minimum atomic E-state index is -0.492. The molecular formula is C26H27FN8O2. The second-order valence-corrected chi connectivity index (χ2v) is 8.85. The normalized spacial score (nSPS) is 14.1. The summed E-state index contributed by atoms with van der Waals surface area (Å²) in [5, 5.41) is 5.30. The minimum absolute atomic E-state index is 0.0963. The molecule has 0 spiro atoms. The van der Waals surface area contributed by atoms with Crippen LogP contribution in [0.5, 0.6) is 0 Å². The van der Waals surface area contributed by atoms with Crippen LogP contribution in [0.1, 0.15) is 17.4 Å². The fourth-order valence-electron chi connectivity index (χ4n) is 4.28. The predicted molar refractivity (Wildman–Crippen MR) is 139 cm³/mol. The van der Waals surface area contributed by atoms with Gasteiger partial charge in [0, 0.05) is 56.2 Å². The third-order valence-electron chi connectivity index (χ3n) is 6.28. The molecule has 1 saturated heterocycles. The van der Waals surface area contributed by atoms with Gasteiger partial charge in [-0.15, -0.1) is 0 Å². The van der Waals surface area contributed by atoms with Crippen LogP contribution in [0.2, 0.25) is 0 Å². The molecule has 0 saturated carbocycles. The summed E-state index contributed by atoms with van der Waals surface area (Å²) in [7, 11) is 2.04. The van der Waals surface area contributed by atoms with Crippen LogP contribution in [0, 0.1) is 5.82 Å². The molecule has 3 aromatic heterocycles. The van der Waals surface area contributed by atoms with E-state index in [9.17, 15) is 14.0 Å². The van der Waals surface area contributed by atoms with Crippen molar-refractivity contribution in [2.75, 3.05) is 45.1 Å². The Kier molecular flexibility index (Phi) is 6.78. The number of fused-ring (bicyclic) bond motifs is 1. The topological polar surface area (TPSA) is 119 Å². The maximum Gasteiger partial charge on any atom is 0.321 e. The van der Waals surface area contributed by atoms with Gasteiger partial charge in [0.2, 0.25) is 5.95 Å². The van der Waals surface area contributed by atoms with Crippen molar-refractivity contribution in [3.63, 3.8) is 0 Å². The number of H-pyrrole nitrogens is 1. The van der Waals surface area contributed by atoms with E-state index < -0.39 is 11.8 Å². The van der Waals surface area contributed by atoms with E-state index in [2.05, 4.69) is 35.5 Å². The summed E-state index contributed by atoms with van der Waals surface area (Å²) in [5.74, 6) is -0.364. The molecule has 5 rings (SSSR count). The number of pyridine rings is 2. The molecule has 0 radical (unpaired) electrons. The zero-order valence-corrected chi connectivity index (χ0v) is 20.6. The first-order valence-electron chi connectivity index (χ1n) is 12.1. The number of amides is 3. The molecule has 11 heteroatoms. The lowest BCUT2D eigenvalue weighted by Gasteiger charge is -2.32. The van der Waals surface area contributed by atoms with Crippen molar-refractivity contribution >= 4 is 28.9 Å². The fraction of sp³-hybridized carbons (Fsp3) is 0.269. The Labute approximate surface area is 212 Å². The van der Waals surface area contributed by atoms with Crippen LogP contribution in [0.4, 0.5) is 15.1 Å². The Morgan fingerprint density at radius 2 is 1.89 bits per heavy atom. The zero-order valence-electron chi connectivity index (χ0n) is 20.6. The number of piperazine rings is 1. The first kappa shape index (κ1) is 24.3. The highest BCUT2D eigenvalue weighted by atomic mass is 19.1. The summed E-state index contributed by atoms with van der Waals surface area (Å²) in [5.41, 5.74) is 3.49. The van der Waals surface area contributed by atoms with Crippen LogP contribution >= 0.6 is 0 Å². The Bertz CT molecular complexity index is 1440. The van der Waals surface area contributed by atoms with Crippen molar-refractivity contribution in [2.24, 2.45) is 0 Å². The second kappa shape index (κ2) is 10.3. The van der Waals surface area contributed by atoms with Gasteiger partial charge in [0.05, 0.1) is 5.52 Å². The second-order valence-electron chi connectivity index (χ2n) is 8.85. The zero-order chi connectivity index (χ0) is 25.9. The lowest BCUT2D eigenvalue weighted by Crippen LogP contribution is -2.47. The molecular weight excluding hydrogens is 475 g/mol. The summed E-state index contributed by atoms with van der Waals surface area (Å²) in [6.07, 6.45) is 3.14. The number of hydrogen-bond acceptors (Lipinski definition) is 6. The van der Waals surface area contributed by atoms with Crippen molar-refractivity contribution in [3.05, 3.63) is 60.3 Å². The molecule has 0 unspecified atom stereocenters. The SMILES string of the molecule is CCNC(=O)Nc1nc2c(-c3ncccc3F)cc(-c3ccc(C(=O)N4CCN(C)CC4)nc3)cc2[nH]1. The van der Waals surface area contributed by atoms with Crippen LogP contribution in [0.25, 0.3) is 33.4 Å². The largest absolute Gasteiger partial charge is 0.338 e. The monoisotopic (exact) mass is 502 g/mol. The van der Waals surface area contributed by atoms with E-state index in [4.69, 9.17) is 0 Å². The van der Waals surface area contributed by atoms with Crippen LogP contribution in [-0.2, 0) is 0 Å². The number of carbonyl (C=O) groups excluding carboxylic acids is 2. The van der Waals surface area contributed by atoms with Gasteiger partial charge in [-0.25, -0.2) is 14.2 Å². The van der Waals surface area contributed by atoms with Crippen molar-refractivity contribution < 1.29 is 14.0 Å². The van der Waals surface area contributed by atoms with Gasteiger partial charge in [0.1, 0.15) is 22.7 Å². The van der Waals surface area contributed by atoms with Crippen LogP contribution in [0.15, 0.2) is 48.8 Å². The van der Waals surface area contributed by atoms with Gasteiger partial charge in [-0.3, -0.25) is 20.1 Å². The number of rotatable bonds is 5. The summed E-state index contributed by atoms with van der Waals surface area (Å²) >= 11 is 0. The number of imidazole rings is 1. The molecule has 1 aromatic carbocycles. The standard InChI is InChI=1S/C26H27FN8O2/c1-3-28-26(37)33-25-31-21-14-17(13-18(23(21)32-25)22-19(27)5-4-8-29-22)16-6-7-20(30-15-16)24(36)35-11-9-34(2)10-12-35/h4-8,13-15H,3,9-12H2,1-2H3,(H3,28,31,32,33,37). The van der Waals surface area contributed by atoms with E-state index >= 15 is 0 Å². The average Bonchev–Trinajstić information content (AvgIpc) is 3.31. The Hall–Kier alpha value is -4.38. The maximum absolute atomic E-state index is 14.8. The third-order valence-corrected chi connectivity index (χ3v) is 6.28. The first-order valence-corrected chi connectivity index (χ1v) is 12.1. The third kappa shape index (κ3) is 5.12. The Balaban J connectivity index is 1.51. The Morgan fingerprint density at radius 3 is 2.59 bits per heavy atom. The maximum atomic E-state index is 14.8. The molecule has 190 valence electrons. The molecule has 1 aliphatic heterocycles. The Morgan fingerprint density at radius 1 is 1.08 bits per heavy atom. The number of halogens is 1. The number of urea groups is 1. The van der Waals surface area contributed by atoms with Gasteiger partial charge < -0.3 is 20.1 Å². The van der Waals surface area contributed by atoms with E-state index in [0.717, 1.165) is 24.2 Å². The molecule has 0 aliphatic carbocycles. The molecule has 37 heavy (non-hydrogen) atoms. The lowest BCUT2D eigenvalue weighted by molar-refractivity contribution is 0.0658. The summed E-state index contributed by atoms with van der Waals surface area (Å²) in [4.78, 5) is 45.1. The fourth-order valence-corrected chi connectivity index (χ4v) is 4.28. The first-order chi connectivity index (χ1) is 17.9. The van der Waals surface area contributed by atoms with Crippen LogP contribution in [-0.4, -0.2) is 81.4 Å². The molecule has 3 amide bonds. The summed E-state index contributed by atoms with van der Waals surface area (Å²) in [6, 6.07) is 9.60. The quantitative estimate of drug-likeness (QED) is 0.385. The summed E-state index contributed by atoms with van der Waals surface area (Å²) in [6.45, 7) is 5.27. The number of hydrogen-bond donors (Lipinski definition) is 3. The van der Waals surface area contributed by atoms with E-state index in [1.807, 2.05) is 31.0 Å². The highest BCUT2D eigenvalue weighted by Crippen LogP contribution is 2.34. The number of likely N-dealkylation sites (N-methyl/N-ethyl adjacent to an activating group) is 1. The highest BCUT2D eigenvalue weighted by molar-refractivity contribution is 5.98. The van der Waals surface area contributed by atoms with Crippen LogP contribution < -0.4 is 10.6 Å². The smallest absolute Gasteiger partial charge is 0.321 e. The molecule has 1 aliphatic rings. The molecule has 4 heterocycles. The number of anilines is 1. The molecule has 0 bridgehead atoms. The van der Waals surface area contributed by atoms with E-state index in [1.165, 1.54) is 18.3 Å². The predicted octanol–water partition coefficient (Wildman–Crippen LogP) is 3.36. The van der Waals surface area contributed by atoms with E-state index in [0.29, 0.717) is 41.9 Å². The minimum Gasteiger partial charge on any atom is -0.338 e. The number of nitrogens with one attached hydrogen (secondary N) is 3. The van der Waals surface area contributed by atoms with Crippen molar-refractivity contribution in [3.8, 4) is 22.4 Å². The van der Waals surface area contributed by atoms with E-state index in [-0.39, 0.29) is 17.5 Å². The van der Waals surface area contributed by atoms with Crippen molar-refractivity contribution in [1.82, 2.24) is 35.1 Å². The number of benzene rings is 1. The molecule has 0 atom stereocenters.